The lowest BCUT2D eigenvalue weighted by molar-refractivity contribution is -0.220. The average Bonchev–Trinajstić information content (AvgIpc) is 3.34. The second-order valence-electron chi connectivity index (χ2n) is 19.4. The van der Waals surface area contributed by atoms with Gasteiger partial charge in [-0.15, -0.1) is 0 Å². The highest BCUT2D eigenvalue weighted by Gasteiger charge is 2.51. The number of aliphatic hydroxyl groups excluding tert-OH is 5. The van der Waals surface area contributed by atoms with Gasteiger partial charge in [0, 0.05) is 13.0 Å². The van der Waals surface area contributed by atoms with Gasteiger partial charge in [0.2, 0.25) is 0 Å². The molecule has 0 amide bonds. The molecule has 0 aliphatic heterocycles. The number of phosphoric acid groups is 1. The largest absolute Gasteiger partial charge is 0.472 e. The molecule has 0 saturated heterocycles. The molecule has 13 heteroatoms. The number of ether oxygens (including phenoxy) is 2. The van der Waals surface area contributed by atoms with Crippen LogP contribution in [0.4, 0.5) is 0 Å². The van der Waals surface area contributed by atoms with E-state index in [1.54, 1.807) is 0 Å². The van der Waals surface area contributed by atoms with Crippen molar-refractivity contribution in [3.8, 4) is 0 Å². The number of aliphatic hydroxyl groups is 5. The number of phosphoric ester groups is 1. The number of rotatable bonds is 48. The molecule has 6 unspecified atom stereocenters. The third-order valence-electron chi connectivity index (χ3n) is 13.0. The Morgan fingerprint density at radius 1 is 0.478 bits per heavy atom. The second-order valence-corrected chi connectivity index (χ2v) is 20.8. The summed E-state index contributed by atoms with van der Waals surface area (Å²) in [5.74, 6) is -0.476. The number of unbranched alkanes of at least 4 members (excludes halogenated alkanes) is 28. The Labute approximate surface area is 420 Å². The summed E-state index contributed by atoms with van der Waals surface area (Å²) in [4.78, 5) is 23.3. The summed E-state index contributed by atoms with van der Waals surface area (Å²) in [6, 6.07) is 0. The lowest BCUT2D eigenvalue weighted by Crippen LogP contribution is -2.64. The average molecular weight is 999 g/mol. The molecule has 6 atom stereocenters. The lowest BCUT2D eigenvalue weighted by atomic mass is 9.85. The Kier molecular flexibility index (Phi) is 43.6. The summed E-state index contributed by atoms with van der Waals surface area (Å²) in [6.07, 6.45) is 46.0. The fourth-order valence-corrected chi connectivity index (χ4v) is 9.56. The van der Waals surface area contributed by atoms with Crippen molar-refractivity contribution >= 4 is 13.8 Å². The third kappa shape index (κ3) is 37.7. The molecule has 0 bridgehead atoms. The van der Waals surface area contributed by atoms with Crippen molar-refractivity contribution in [3.63, 3.8) is 0 Å². The molecule has 69 heavy (non-hydrogen) atoms. The van der Waals surface area contributed by atoms with Crippen molar-refractivity contribution in [1.29, 1.82) is 0 Å². The Morgan fingerprint density at radius 2 is 0.855 bits per heavy atom. The third-order valence-corrected chi connectivity index (χ3v) is 14.0. The van der Waals surface area contributed by atoms with E-state index in [9.17, 15) is 39.8 Å². The van der Waals surface area contributed by atoms with Crippen molar-refractivity contribution in [3.05, 3.63) is 48.6 Å². The van der Waals surface area contributed by atoms with Gasteiger partial charge in [0.1, 0.15) is 42.7 Å². The van der Waals surface area contributed by atoms with Gasteiger partial charge in [-0.2, -0.15) is 0 Å². The van der Waals surface area contributed by atoms with Crippen LogP contribution in [-0.2, 0) is 27.9 Å². The molecule has 0 aromatic carbocycles. The molecule has 1 fully saturated rings. The van der Waals surface area contributed by atoms with Crippen LogP contribution in [0.15, 0.2) is 48.6 Å². The van der Waals surface area contributed by atoms with Crippen LogP contribution < -0.4 is 0 Å². The topological polar surface area (TPSA) is 192 Å². The highest BCUT2D eigenvalue weighted by molar-refractivity contribution is 7.47. The predicted molar refractivity (Wildman–Crippen MR) is 281 cm³/mol. The highest BCUT2D eigenvalue weighted by atomic mass is 31.2. The van der Waals surface area contributed by atoms with Crippen molar-refractivity contribution in [2.45, 2.75) is 281 Å². The van der Waals surface area contributed by atoms with E-state index < -0.39 is 63.1 Å². The summed E-state index contributed by atoms with van der Waals surface area (Å²) in [5, 5.41) is 50.4. The zero-order chi connectivity index (χ0) is 50.5. The van der Waals surface area contributed by atoms with Crippen molar-refractivity contribution in [1.82, 2.24) is 0 Å². The van der Waals surface area contributed by atoms with Gasteiger partial charge in [-0.25, -0.2) is 4.57 Å². The standard InChI is InChI=1S/C56H103O12P/c1-3-5-7-9-11-13-15-17-19-21-23-25-26-28-30-32-34-36-38-40-42-44-46-65-47-49(48-66-69(63,64)68-56-54(61)52(59)51(58)53(60)55(56)62)67-50(57)45-43-41-39-37-35-33-31-29-27-24-22-20-18-16-14-12-10-8-6-4-2/h5,7,11,13,17,19,23,25,49,51-56,58-62H,3-4,6,8-10,12,14-16,18,20-22,24,26-48H2,1-2H3,(H,63,64)/b7-5-,13-11-,19-17-,25-23-. The minimum Gasteiger partial charge on any atom is -0.457 e. The normalized spacial score (nSPS) is 21.3. The molecule has 1 rings (SSSR count). The fourth-order valence-electron chi connectivity index (χ4n) is 8.58. The van der Waals surface area contributed by atoms with Gasteiger partial charge in [-0.05, 0) is 51.4 Å². The molecular weight excluding hydrogens is 896 g/mol. The van der Waals surface area contributed by atoms with Gasteiger partial charge in [0.05, 0.1) is 13.2 Å². The zero-order valence-electron chi connectivity index (χ0n) is 43.6. The van der Waals surface area contributed by atoms with Crippen LogP contribution in [0, 0.1) is 0 Å². The second kappa shape index (κ2) is 46.1. The number of allylic oxidation sites excluding steroid dienone is 8. The lowest BCUT2D eigenvalue weighted by Gasteiger charge is -2.41. The van der Waals surface area contributed by atoms with E-state index in [1.807, 2.05) is 0 Å². The summed E-state index contributed by atoms with van der Waals surface area (Å²) in [5.41, 5.74) is 0. The molecule has 0 spiro atoms. The summed E-state index contributed by atoms with van der Waals surface area (Å²) in [7, 11) is -5.03. The molecule has 0 radical (unpaired) electrons. The van der Waals surface area contributed by atoms with E-state index in [0.29, 0.717) is 13.0 Å². The summed E-state index contributed by atoms with van der Waals surface area (Å²) < 4.78 is 34.4. The van der Waals surface area contributed by atoms with E-state index >= 15 is 0 Å². The maximum atomic E-state index is 12.9. The van der Waals surface area contributed by atoms with E-state index in [4.69, 9.17) is 18.5 Å². The SMILES string of the molecule is CC/C=C\C/C=C\C/C=C\C/C=C\CCCCCCCCCCCOCC(COP(=O)(O)OC1C(O)C(O)C(O)C(O)C1O)OC(=O)CCCCCCCCCCCCCCCCCCCCCC. The van der Waals surface area contributed by atoms with Gasteiger partial charge in [-0.1, -0.05) is 229 Å². The Morgan fingerprint density at radius 3 is 1.30 bits per heavy atom. The summed E-state index contributed by atoms with van der Waals surface area (Å²) >= 11 is 0. The minimum atomic E-state index is -5.03. The molecule has 0 heterocycles. The summed E-state index contributed by atoms with van der Waals surface area (Å²) in [6.45, 7) is 4.18. The molecule has 1 aliphatic rings. The van der Waals surface area contributed by atoms with Crippen LogP contribution in [0.1, 0.15) is 239 Å². The first-order chi connectivity index (χ1) is 33.5. The molecule has 1 saturated carbocycles. The van der Waals surface area contributed by atoms with Crippen LogP contribution in [0.5, 0.6) is 0 Å². The number of carbonyl (C=O) groups excluding carboxylic acids is 1. The van der Waals surface area contributed by atoms with Crippen LogP contribution in [-0.4, -0.2) is 98.9 Å². The first kappa shape index (κ1) is 65.3. The van der Waals surface area contributed by atoms with Gasteiger partial charge < -0.3 is 39.9 Å². The van der Waals surface area contributed by atoms with Gasteiger partial charge in [-0.3, -0.25) is 13.8 Å². The van der Waals surface area contributed by atoms with E-state index in [0.717, 1.165) is 77.0 Å². The fraction of sp³-hybridized carbons (Fsp3) is 0.839. The van der Waals surface area contributed by atoms with Crippen LogP contribution >= 0.6 is 7.82 Å². The van der Waals surface area contributed by atoms with Crippen LogP contribution in [0.3, 0.4) is 0 Å². The molecule has 1 aliphatic carbocycles. The zero-order valence-corrected chi connectivity index (χ0v) is 44.5. The highest BCUT2D eigenvalue weighted by Crippen LogP contribution is 2.47. The maximum absolute atomic E-state index is 12.9. The quantitative estimate of drug-likeness (QED) is 0.0146. The Hall–Kier alpha value is -1.70. The van der Waals surface area contributed by atoms with Gasteiger partial charge >= 0.3 is 13.8 Å². The first-order valence-corrected chi connectivity index (χ1v) is 29.5. The molecule has 12 nitrogen and oxygen atoms in total. The number of esters is 1. The number of carbonyl (C=O) groups is 1. The smallest absolute Gasteiger partial charge is 0.457 e. The van der Waals surface area contributed by atoms with Crippen LogP contribution in [0.25, 0.3) is 0 Å². The predicted octanol–water partition coefficient (Wildman–Crippen LogP) is 13.2. The Balaban J connectivity index is 2.30. The molecule has 6 N–H and O–H groups in total. The molecule has 0 aromatic rings. The van der Waals surface area contributed by atoms with Gasteiger partial charge in [0.15, 0.2) is 0 Å². The van der Waals surface area contributed by atoms with Gasteiger partial charge in [0.25, 0.3) is 0 Å². The van der Waals surface area contributed by atoms with E-state index in [2.05, 4.69) is 62.5 Å². The first-order valence-electron chi connectivity index (χ1n) is 28.0. The van der Waals surface area contributed by atoms with E-state index in [1.165, 1.54) is 135 Å². The van der Waals surface area contributed by atoms with Crippen molar-refractivity contribution in [2.24, 2.45) is 0 Å². The number of hydrogen-bond donors (Lipinski definition) is 6. The minimum absolute atomic E-state index is 0.0792. The Bertz CT molecular complexity index is 1320. The number of hydrogen-bond acceptors (Lipinski definition) is 11. The van der Waals surface area contributed by atoms with Crippen LogP contribution in [0.2, 0.25) is 0 Å². The van der Waals surface area contributed by atoms with Crippen molar-refractivity contribution < 1.29 is 58.3 Å². The monoisotopic (exact) mass is 999 g/mol. The molecule has 0 aromatic heterocycles. The molecule has 404 valence electrons. The maximum Gasteiger partial charge on any atom is 0.472 e. The molecular formula is C56H103O12P. The van der Waals surface area contributed by atoms with Crippen molar-refractivity contribution in [2.75, 3.05) is 19.8 Å². The van der Waals surface area contributed by atoms with E-state index in [-0.39, 0.29) is 13.0 Å².